The second-order valence-electron chi connectivity index (χ2n) is 4.58. The maximum atomic E-state index is 13.0. The number of esters is 1. The van der Waals surface area contributed by atoms with Gasteiger partial charge in [-0.05, 0) is 31.2 Å². The summed E-state index contributed by atoms with van der Waals surface area (Å²) in [4.78, 5) is 23.3. The molecule has 1 saturated heterocycles. The number of hydrogen-bond acceptors (Lipinski definition) is 4. The monoisotopic (exact) mass is 352 g/mol. The van der Waals surface area contributed by atoms with E-state index in [1.165, 1.54) is 0 Å². The van der Waals surface area contributed by atoms with Gasteiger partial charge in [0, 0.05) is 18.7 Å². The number of alkyl halides is 1. The van der Waals surface area contributed by atoms with Crippen LogP contribution in [-0.4, -0.2) is 37.2 Å². The van der Waals surface area contributed by atoms with Gasteiger partial charge in [-0.3, -0.25) is 4.79 Å². The van der Waals surface area contributed by atoms with Crippen LogP contribution in [0.3, 0.4) is 0 Å². The summed E-state index contributed by atoms with van der Waals surface area (Å²) in [7, 11) is 0. The molecule has 2 atom stereocenters. The van der Waals surface area contributed by atoms with Gasteiger partial charge < -0.3 is 15.4 Å². The van der Waals surface area contributed by atoms with Gasteiger partial charge in [0.1, 0.15) is 6.17 Å². The number of ether oxygens (including phenoxy) is 1. The number of hydrogen-bond donors (Lipinski definition) is 2. The van der Waals surface area contributed by atoms with Crippen molar-refractivity contribution in [3.63, 3.8) is 0 Å². The van der Waals surface area contributed by atoms with E-state index >= 15 is 0 Å². The lowest BCUT2D eigenvalue weighted by molar-refractivity contribution is -0.117. The van der Waals surface area contributed by atoms with Crippen molar-refractivity contribution in [2.45, 2.75) is 25.6 Å². The van der Waals surface area contributed by atoms with Crippen molar-refractivity contribution in [1.29, 1.82) is 0 Å². The van der Waals surface area contributed by atoms with E-state index in [0.29, 0.717) is 17.9 Å². The Kier molecular flexibility index (Phi) is 9.01. The summed E-state index contributed by atoms with van der Waals surface area (Å²) in [6.45, 7) is 2.26. The lowest BCUT2D eigenvalue weighted by Crippen LogP contribution is -2.35. The van der Waals surface area contributed by atoms with Gasteiger partial charge >= 0.3 is 5.97 Å². The number of carbonyl (C=O) groups excluding carboxylic acids is 2. The molecule has 0 saturated carbocycles. The third kappa shape index (κ3) is 5.44. The second-order valence-corrected chi connectivity index (χ2v) is 4.58. The van der Waals surface area contributed by atoms with E-state index in [2.05, 4.69) is 10.6 Å². The minimum absolute atomic E-state index is 0. The van der Waals surface area contributed by atoms with Gasteiger partial charge in [0.15, 0.2) is 0 Å². The molecule has 8 heteroatoms. The molecule has 1 aromatic rings. The van der Waals surface area contributed by atoms with Gasteiger partial charge in [-0.2, -0.15) is 0 Å². The Morgan fingerprint density at radius 2 is 1.95 bits per heavy atom. The van der Waals surface area contributed by atoms with E-state index in [9.17, 15) is 14.0 Å². The molecule has 0 radical (unpaired) electrons. The van der Waals surface area contributed by atoms with Gasteiger partial charge in [0.2, 0.25) is 5.91 Å². The predicted octanol–water partition coefficient (Wildman–Crippen LogP) is 2.35. The molecule has 0 aromatic heterocycles. The minimum atomic E-state index is -0.975. The highest BCUT2D eigenvalue weighted by Crippen LogP contribution is 2.14. The summed E-state index contributed by atoms with van der Waals surface area (Å²) < 4.78 is 17.9. The van der Waals surface area contributed by atoms with Crippen LogP contribution in [0.4, 0.5) is 10.1 Å². The van der Waals surface area contributed by atoms with Crippen molar-refractivity contribution >= 4 is 42.4 Å². The van der Waals surface area contributed by atoms with E-state index in [4.69, 9.17) is 4.74 Å². The normalized spacial score (nSPS) is 19.5. The molecule has 0 spiro atoms. The third-order valence-corrected chi connectivity index (χ3v) is 3.06. The highest BCUT2D eigenvalue weighted by Gasteiger charge is 2.29. The molecule has 0 unspecified atom stereocenters. The van der Waals surface area contributed by atoms with Crippen molar-refractivity contribution < 1.29 is 18.7 Å². The number of nitrogens with one attached hydrogen (secondary N) is 2. The van der Waals surface area contributed by atoms with E-state index in [1.807, 2.05) is 0 Å². The first-order valence-corrected chi connectivity index (χ1v) is 6.55. The van der Waals surface area contributed by atoms with Crippen LogP contribution in [0.25, 0.3) is 0 Å². The molecule has 1 amide bonds. The summed E-state index contributed by atoms with van der Waals surface area (Å²) in [6.07, 6.45) is -0.788. The Morgan fingerprint density at radius 3 is 2.45 bits per heavy atom. The fourth-order valence-corrected chi connectivity index (χ4v) is 2.03. The van der Waals surface area contributed by atoms with Gasteiger partial charge in [-0.15, -0.1) is 24.8 Å². The summed E-state index contributed by atoms with van der Waals surface area (Å²) in [6, 6.07) is 5.88. The second kappa shape index (κ2) is 9.61. The van der Waals surface area contributed by atoms with Crippen molar-refractivity contribution in [1.82, 2.24) is 5.32 Å². The fraction of sp³-hybridized carbons (Fsp3) is 0.429. The van der Waals surface area contributed by atoms with E-state index in [-0.39, 0.29) is 43.7 Å². The van der Waals surface area contributed by atoms with Gasteiger partial charge in [0.25, 0.3) is 0 Å². The minimum Gasteiger partial charge on any atom is -0.462 e. The summed E-state index contributed by atoms with van der Waals surface area (Å²) in [5, 5.41) is 5.49. The molecule has 0 aliphatic carbocycles. The SMILES string of the molecule is CCOC(=O)c1ccc(NC(=O)[C@H]2C[C@H](F)CN2)cc1.Cl.Cl. The molecule has 1 aliphatic heterocycles. The summed E-state index contributed by atoms with van der Waals surface area (Å²) in [5.74, 6) is -0.669. The topological polar surface area (TPSA) is 67.4 Å². The van der Waals surface area contributed by atoms with Crippen molar-refractivity contribution in [2.24, 2.45) is 0 Å². The Hall–Kier alpha value is -1.37. The van der Waals surface area contributed by atoms with Crippen molar-refractivity contribution in [2.75, 3.05) is 18.5 Å². The van der Waals surface area contributed by atoms with Crippen LogP contribution in [0, 0.1) is 0 Å². The average Bonchev–Trinajstić information content (AvgIpc) is 2.86. The van der Waals surface area contributed by atoms with Gasteiger partial charge in [0.05, 0.1) is 18.2 Å². The molecule has 2 N–H and O–H groups in total. The van der Waals surface area contributed by atoms with Crippen LogP contribution in [-0.2, 0) is 9.53 Å². The zero-order valence-electron chi connectivity index (χ0n) is 12.0. The number of carbonyl (C=O) groups is 2. The average molecular weight is 353 g/mol. The number of anilines is 1. The maximum Gasteiger partial charge on any atom is 0.338 e. The predicted molar refractivity (Wildman–Crippen MR) is 86.8 cm³/mol. The van der Waals surface area contributed by atoms with E-state index in [1.54, 1.807) is 31.2 Å². The summed E-state index contributed by atoms with van der Waals surface area (Å²) in [5.41, 5.74) is 0.986. The molecule has 1 heterocycles. The molecule has 1 aromatic carbocycles. The number of rotatable bonds is 4. The molecular formula is C14H19Cl2FN2O3. The summed E-state index contributed by atoms with van der Waals surface area (Å²) >= 11 is 0. The van der Waals surface area contributed by atoms with Crippen LogP contribution < -0.4 is 10.6 Å². The Morgan fingerprint density at radius 1 is 1.32 bits per heavy atom. The highest BCUT2D eigenvalue weighted by atomic mass is 35.5. The molecule has 1 fully saturated rings. The van der Waals surface area contributed by atoms with E-state index in [0.717, 1.165) is 0 Å². The first kappa shape index (κ1) is 20.6. The molecule has 5 nitrogen and oxygen atoms in total. The van der Waals surface area contributed by atoms with Crippen LogP contribution in [0.2, 0.25) is 0 Å². The number of halogens is 3. The van der Waals surface area contributed by atoms with Crippen LogP contribution >= 0.6 is 24.8 Å². The Balaban J connectivity index is 0.00000220. The number of benzene rings is 1. The highest BCUT2D eigenvalue weighted by molar-refractivity contribution is 5.96. The fourth-order valence-electron chi connectivity index (χ4n) is 2.03. The first-order chi connectivity index (χ1) is 9.60. The van der Waals surface area contributed by atoms with E-state index < -0.39 is 18.2 Å². The van der Waals surface area contributed by atoms with Crippen LogP contribution in [0.5, 0.6) is 0 Å². The zero-order chi connectivity index (χ0) is 14.5. The molecule has 124 valence electrons. The number of amides is 1. The Labute approximate surface area is 140 Å². The quantitative estimate of drug-likeness (QED) is 0.816. The van der Waals surface area contributed by atoms with Gasteiger partial charge in [-0.25, -0.2) is 9.18 Å². The van der Waals surface area contributed by atoms with Crippen LogP contribution in [0.1, 0.15) is 23.7 Å². The maximum absolute atomic E-state index is 13.0. The molecule has 22 heavy (non-hydrogen) atoms. The largest absolute Gasteiger partial charge is 0.462 e. The zero-order valence-corrected chi connectivity index (χ0v) is 13.6. The first-order valence-electron chi connectivity index (χ1n) is 6.55. The standard InChI is InChI=1S/C14H17FN2O3.2ClH/c1-2-20-14(19)9-3-5-11(6-4-9)17-13(18)12-7-10(15)8-16-12;;/h3-6,10,12,16H,2,7-8H2,1H3,(H,17,18);2*1H/t10-,12+;;/m0../s1. The Bertz CT molecular complexity index is 499. The molecule has 2 rings (SSSR count). The lowest BCUT2D eigenvalue weighted by atomic mass is 10.1. The lowest BCUT2D eigenvalue weighted by Gasteiger charge is -2.11. The smallest absolute Gasteiger partial charge is 0.338 e. The third-order valence-electron chi connectivity index (χ3n) is 3.06. The molecule has 1 aliphatic rings. The molecular weight excluding hydrogens is 334 g/mol. The van der Waals surface area contributed by atoms with Crippen molar-refractivity contribution in [3.05, 3.63) is 29.8 Å². The van der Waals surface area contributed by atoms with Crippen molar-refractivity contribution in [3.8, 4) is 0 Å². The molecule has 0 bridgehead atoms. The van der Waals surface area contributed by atoms with Gasteiger partial charge in [-0.1, -0.05) is 0 Å². The van der Waals surface area contributed by atoms with Crippen LogP contribution in [0.15, 0.2) is 24.3 Å².